The second-order valence-electron chi connectivity index (χ2n) is 10.6. The highest BCUT2D eigenvalue weighted by Gasteiger charge is 2.54. The molecule has 0 unspecified atom stereocenters. The molecule has 0 radical (unpaired) electrons. The van der Waals surface area contributed by atoms with E-state index in [-0.39, 0.29) is 23.3 Å². The topological polar surface area (TPSA) is 99.9 Å². The van der Waals surface area contributed by atoms with Crippen LogP contribution in [0.2, 0.25) is 0 Å². The summed E-state index contributed by atoms with van der Waals surface area (Å²) in [6.45, 7) is 8.16. The second kappa shape index (κ2) is 9.82. The van der Waals surface area contributed by atoms with Gasteiger partial charge < -0.3 is 23.9 Å². The van der Waals surface area contributed by atoms with Crippen LogP contribution in [0.1, 0.15) is 46.2 Å². The van der Waals surface area contributed by atoms with Crippen molar-refractivity contribution < 1.29 is 28.9 Å². The monoisotopic (exact) mass is 496 g/mol. The van der Waals surface area contributed by atoms with Crippen LogP contribution in [0.25, 0.3) is 6.08 Å². The summed E-state index contributed by atoms with van der Waals surface area (Å²) in [5.41, 5.74) is 0.706. The molecule has 194 valence electrons. The number of fused-ring (bicyclic) bond motifs is 3. The number of ether oxygens (including phenoxy) is 3. The summed E-state index contributed by atoms with van der Waals surface area (Å²) in [6.07, 6.45) is 14.2. The maximum absolute atomic E-state index is 12.9. The summed E-state index contributed by atoms with van der Waals surface area (Å²) in [6, 6.07) is 0. The van der Waals surface area contributed by atoms with Gasteiger partial charge in [0.1, 0.15) is 11.7 Å². The van der Waals surface area contributed by atoms with Crippen molar-refractivity contribution in [1.29, 1.82) is 0 Å². The Morgan fingerprint density at radius 3 is 2.72 bits per heavy atom. The number of rotatable bonds is 5. The number of carbonyl (C=O) groups is 2. The lowest BCUT2D eigenvalue weighted by Crippen LogP contribution is -2.47. The van der Waals surface area contributed by atoms with Gasteiger partial charge in [0.25, 0.3) is 0 Å². The van der Waals surface area contributed by atoms with Gasteiger partial charge in [-0.15, -0.1) is 0 Å². The molecule has 8 nitrogen and oxygen atoms in total. The Morgan fingerprint density at radius 2 is 2.08 bits per heavy atom. The number of aliphatic hydroxyl groups is 1. The summed E-state index contributed by atoms with van der Waals surface area (Å²) in [5, 5.41) is 11.5. The minimum Gasteiger partial charge on any atom is -0.466 e. The molecule has 0 spiro atoms. The van der Waals surface area contributed by atoms with Crippen molar-refractivity contribution in [2.75, 3.05) is 7.11 Å². The van der Waals surface area contributed by atoms with Gasteiger partial charge in [-0.25, -0.2) is 14.6 Å². The van der Waals surface area contributed by atoms with Gasteiger partial charge in [-0.05, 0) is 68.6 Å². The molecule has 1 aliphatic carbocycles. The van der Waals surface area contributed by atoms with Crippen molar-refractivity contribution >= 4 is 18.0 Å². The number of nitrogens with zero attached hydrogens (tertiary/aromatic N) is 2. The molecule has 0 fully saturated rings. The zero-order chi connectivity index (χ0) is 26.3. The Labute approximate surface area is 212 Å². The summed E-state index contributed by atoms with van der Waals surface area (Å²) < 4.78 is 19.0. The number of allylic oxidation sites excluding steroid dienone is 3. The summed E-state index contributed by atoms with van der Waals surface area (Å²) in [4.78, 5) is 30.0. The standard InChI is InChI=1S/C28H36N2O6/c1-17(2)20-9-7-18(3)21-14-24(35-25(31)10-8-19-15-30(5)16-29-19)27(4)11-12-28(33,36-27)23(13-22(20)21)26(32)34-6/h7-8,10-13,15-17,20-22,24,33H,9,14H2,1-6H3/b10-8-,23-13-/t20-,21+,22-,24+,27+,28-/m1/s1. The van der Waals surface area contributed by atoms with Gasteiger partial charge in [0.2, 0.25) is 5.79 Å². The van der Waals surface area contributed by atoms with Crippen LogP contribution in [-0.2, 0) is 30.8 Å². The first-order valence-corrected chi connectivity index (χ1v) is 12.4. The van der Waals surface area contributed by atoms with Crippen LogP contribution >= 0.6 is 0 Å². The molecule has 1 aromatic rings. The zero-order valence-corrected chi connectivity index (χ0v) is 21.8. The van der Waals surface area contributed by atoms with Crippen molar-refractivity contribution in [3.8, 4) is 0 Å². The van der Waals surface area contributed by atoms with E-state index in [9.17, 15) is 14.7 Å². The van der Waals surface area contributed by atoms with E-state index in [0.29, 0.717) is 18.0 Å². The Hall–Kier alpha value is -2.97. The Balaban J connectivity index is 1.73. The van der Waals surface area contributed by atoms with Crippen LogP contribution in [0.5, 0.6) is 0 Å². The third-order valence-electron chi connectivity index (χ3n) is 7.76. The molecule has 0 amide bonds. The molecule has 3 heterocycles. The molecule has 0 saturated heterocycles. The molecule has 2 bridgehead atoms. The van der Waals surface area contributed by atoms with Gasteiger partial charge in [0.05, 0.1) is 24.7 Å². The van der Waals surface area contributed by atoms with Crippen LogP contribution in [0, 0.1) is 23.7 Å². The molecule has 0 saturated carbocycles. The van der Waals surface area contributed by atoms with Crippen LogP contribution in [0.15, 0.2) is 54.1 Å². The summed E-state index contributed by atoms with van der Waals surface area (Å²) in [7, 11) is 3.14. The third-order valence-corrected chi connectivity index (χ3v) is 7.76. The minimum absolute atomic E-state index is 0.0137. The highest BCUT2D eigenvalue weighted by Crippen LogP contribution is 2.49. The Bertz CT molecular complexity index is 1140. The zero-order valence-electron chi connectivity index (χ0n) is 21.8. The second-order valence-corrected chi connectivity index (χ2v) is 10.6. The van der Waals surface area contributed by atoms with Crippen LogP contribution in [0.3, 0.4) is 0 Å². The Kier molecular flexibility index (Phi) is 7.12. The van der Waals surface area contributed by atoms with Crippen LogP contribution in [0.4, 0.5) is 0 Å². The quantitative estimate of drug-likeness (QED) is 0.377. The SMILES string of the molecule is COC(=O)/C1=C/[C@@H]2[C@@H](C(C)C)CC=C(C)[C@@H]2C[C@H](OC(=O)/C=C\c2cn(C)cn2)[C@]2(C)C=C[C@@]1(O)O2. The van der Waals surface area contributed by atoms with Crippen molar-refractivity contribution in [3.05, 3.63) is 59.7 Å². The normalized spacial score (nSPS) is 35.3. The number of hydrogen-bond donors (Lipinski definition) is 1. The molecule has 1 aromatic heterocycles. The Morgan fingerprint density at radius 1 is 1.33 bits per heavy atom. The first-order valence-electron chi connectivity index (χ1n) is 12.4. The predicted octanol–water partition coefficient (Wildman–Crippen LogP) is 3.74. The smallest absolute Gasteiger partial charge is 0.339 e. The lowest BCUT2D eigenvalue weighted by atomic mass is 9.65. The average Bonchev–Trinajstić information content (AvgIpc) is 3.39. The fourth-order valence-corrected chi connectivity index (χ4v) is 5.65. The number of imidazole rings is 1. The molecule has 0 aromatic carbocycles. The highest BCUT2D eigenvalue weighted by atomic mass is 16.7. The number of aromatic nitrogens is 2. The molecule has 1 N–H and O–H groups in total. The van der Waals surface area contributed by atoms with E-state index < -0.39 is 29.4 Å². The van der Waals surface area contributed by atoms with E-state index in [0.717, 1.165) is 6.42 Å². The van der Waals surface area contributed by atoms with Gasteiger partial charge >= 0.3 is 11.9 Å². The van der Waals surface area contributed by atoms with E-state index in [2.05, 4.69) is 31.8 Å². The summed E-state index contributed by atoms with van der Waals surface area (Å²) in [5.74, 6) is -2.68. The molecule has 2 aliphatic heterocycles. The van der Waals surface area contributed by atoms with E-state index in [4.69, 9.17) is 14.2 Å². The molecular weight excluding hydrogens is 460 g/mol. The number of aryl methyl sites for hydroxylation is 1. The van der Waals surface area contributed by atoms with E-state index in [1.54, 1.807) is 36.2 Å². The van der Waals surface area contributed by atoms with Gasteiger partial charge in [0, 0.05) is 19.3 Å². The van der Waals surface area contributed by atoms with E-state index in [1.165, 1.54) is 24.8 Å². The van der Waals surface area contributed by atoms with E-state index in [1.807, 2.05) is 13.1 Å². The van der Waals surface area contributed by atoms with Crippen molar-refractivity contribution in [2.24, 2.45) is 30.7 Å². The highest BCUT2D eigenvalue weighted by molar-refractivity contribution is 5.91. The first kappa shape index (κ1) is 26.1. The maximum Gasteiger partial charge on any atom is 0.339 e. The largest absolute Gasteiger partial charge is 0.466 e. The average molecular weight is 497 g/mol. The predicted molar refractivity (Wildman–Crippen MR) is 134 cm³/mol. The maximum atomic E-state index is 12.9. The molecule has 36 heavy (non-hydrogen) atoms. The number of esters is 2. The van der Waals surface area contributed by atoms with Crippen LogP contribution in [-0.4, -0.2) is 51.2 Å². The van der Waals surface area contributed by atoms with Gasteiger partial charge in [0.15, 0.2) is 0 Å². The molecule has 4 rings (SSSR count). The lowest BCUT2D eigenvalue weighted by molar-refractivity contribution is -0.216. The van der Waals surface area contributed by atoms with Crippen LogP contribution < -0.4 is 0 Å². The number of carbonyl (C=O) groups excluding carboxylic acids is 2. The molecular formula is C28H36N2O6. The molecule has 6 atom stereocenters. The first-order chi connectivity index (χ1) is 17.0. The lowest BCUT2D eigenvalue weighted by Gasteiger charge is -2.41. The van der Waals surface area contributed by atoms with Crippen molar-refractivity contribution in [3.63, 3.8) is 0 Å². The third kappa shape index (κ3) is 4.97. The molecule has 8 heteroatoms. The minimum atomic E-state index is -1.98. The fraction of sp³-hybridized carbons (Fsp3) is 0.536. The van der Waals surface area contributed by atoms with Gasteiger partial charge in [-0.3, -0.25) is 0 Å². The number of methoxy groups -OCH3 is 1. The van der Waals surface area contributed by atoms with E-state index >= 15 is 0 Å². The van der Waals surface area contributed by atoms with Gasteiger partial charge in [-0.1, -0.05) is 31.6 Å². The van der Waals surface area contributed by atoms with Crippen molar-refractivity contribution in [2.45, 2.75) is 58.0 Å². The molecule has 3 aliphatic rings. The fourth-order valence-electron chi connectivity index (χ4n) is 5.65. The number of hydrogen-bond acceptors (Lipinski definition) is 7. The van der Waals surface area contributed by atoms with Gasteiger partial charge in [-0.2, -0.15) is 0 Å². The van der Waals surface area contributed by atoms with Crippen molar-refractivity contribution in [1.82, 2.24) is 9.55 Å². The summed E-state index contributed by atoms with van der Waals surface area (Å²) >= 11 is 0.